The molecule has 0 spiro atoms. The molecule has 0 aliphatic rings. The molecule has 0 aliphatic heterocycles. The largest absolute Gasteiger partial charge is 0.457 e. The third-order valence-corrected chi connectivity index (χ3v) is 5.59. The molecule has 8 heteroatoms. The second-order valence-electron chi connectivity index (χ2n) is 7.50. The summed E-state index contributed by atoms with van der Waals surface area (Å²) >= 11 is 17.6. The van der Waals surface area contributed by atoms with Crippen molar-refractivity contribution in [3.63, 3.8) is 0 Å². The van der Waals surface area contributed by atoms with Crippen molar-refractivity contribution in [3.05, 3.63) is 99.8 Å². The zero-order chi connectivity index (χ0) is 23.4. The van der Waals surface area contributed by atoms with Gasteiger partial charge in [-0.25, -0.2) is 0 Å². The number of aromatic nitrogens is 2. The number of halogens is 2. The van der Waals surface area contributed by atoms with Gasteiger partial charge in [0.2, 0.25) is 0 Å². The third-order valence-electron chi connectivity index (χ3n) is 4.95. The Kier molecular flexibility index (Phi) is 7.18. The predicted octanol–water partition coefficient (Wildman–Crippen LogP) is 7.46. The van der Waals surface area contributed by atoms with Crippen molar-refractivity contribution in [2.75, 3.05) is 10.6 Å². The molecule has 1 heterocycles. The summed E-state index contributed by atoms with van der Waals surface area (Å²) < 4.78 is 7.90. The first kappa shape index (κ1) is 23.1. The Labute approximate surface area is 208 Å². The lowest BCUT2D eigenvalue weighted by Gasteiger charge is -2.12. The second-order valence-corrected chi connectivity index (χ2v) is 8.78. The lowest BCUT2D eigenvalue weighted by atomic mass is 10.2. The van der Waals surface area contributed by atoms with E-state index in [9.17, 15) is 0 Å². The van der Waals surface area contributed by atoms with Gasteiger partial charge in [0.25, 0.3) is 0 Å². The van der Waals surface area contributed by atoms with Crippen molar-refractivity contribution < 1.29 is 4.74 Å². The average Bonchev–Trinajstić information content (AvgIpc) is 3.01. The van der Waals surface area contributed by atoms with Crippen molar-refractivity contribution >= 4 is 51.9 Å². The zero-order valence-corrected chi connectivity index (χ0v) is 20.4. The SMILES string of the molecule is Cc1nn(Cc2cccc(Oc3ccccc3)c2)c(C)c1NC(=S)Nc1cc(Cl)cc(Cl)c1. The number of anilines is 2. The molecule has 33 heavy (non-hydrogen) atoms. The number of aryl methyl sites for hydroxylation is 1. The van der Waals surface area contributed by atoms with Crippen LogP contribution in [-0.2, 0) is 6.54 Å². The maximum absolute atomic E-state index is 6.07. The minimum absolute atomic E-state index is 0.428. The Morgan fingerprint density at radius 1 is 0.909 bits per heavy atom. The molecule has 0 atom stereocenters. The molecule has 3 aromatic carbocycles. The van der Waals surface area contributed by atoms with Crippen LogP contribution in [0.15, 0.2) is 72.8 Å². The van der Waals surface area contributed by atoms with Gasteiger partial charge in [-0.15, -0.1) is 0 Å². The summed E-state index contributed by atoms with van der Waals surface area (Å²) in [6.07, 6.45) is 0. The molecule has 2 N–H and O–H groups in total. The van der Waals surface area contributed by atoms with Gasteiger partial charge in [-0.1, -0.05) is 53.5 Å². The predicted molar refractivity (Wildman–Crippen MR) is 140 cm³/mol. The van der Waals surface area contributed by atoms with Crippen molar-refractivity contribution in [2.24, 2.45) is 0 Å². The van der Waals surface area contributed by atoms with Gasteiger partial charge in [0.05, 0.1) is 23.6 Å². The van der Waals surface area contributed by atoms with Crippen LogP contribution in [0.5, 0.6) is 11.5 Å². The van der Waals surface area contributed by atoms with E-state index in [0.717, 1.165) is 34.1 Å². The van der Waals surface area contributed by atoms with Gasteiger partial charge in [-0.3, -0.25) is 4.68 Å². The van der Waals surface area contributed by atoms with E-state index in [1.54, 1.807) is 18.2 Å². The fourth-order valence-corrected chi connectivity index (χ4v) is 4.18. The summed E-state index contributed by atoms with van der Waals surface area (Å²) in [5, 5.41) is 12.5. The van der Waals surface area contributed by atoms with Crippen LogP contribution in [0.2, 0.25) is 10.0 Å². The maximum atomic E-state index is 6.07. The van der Waals surface area contributed by atoms with Crippen LogP contribution >= 0.6 is 35.4 Å². The number of nitrogens with one attached hydrogen (secondary N) is 2. The standard InChI is InChI=1S/C25H22Cl2N4OS/c1-16-24(29-25(33)28-21-13-19(26)12-20(27)14-21)17(2)31(30-16)15-18-7-6-10-23(11-18)32-22-8-4-3-5-9-22/h3-14H,15H2,1-2H3,(H2,28,29,33). The smallest absolute Gasteiger partial charge is 0.175 e. The first-order valence-electron chi connectivity index (χ1n) is 10.3. The molecule has 4 rings (SSSR count). The Morgan fingerprint density at radius 3 is 2.33 bits per heavy atom. The maximum Gasteiger partial charge on any atom is 0.175 e. The Bertz CT molecular complexity index is 1270. The Morgan fingerprint density at radius 2 is 1.61 bits per heavy atom. The van der Waals surface area contributed by atoms with Crippen molar-refractivity contribution in [3.8, 4) is 11.5 Å². The van der Waals surface area contributed by atoms with E-state index in [2.05, 4.69) is 16.7 Å². The molecule has 0 unspecified atom stereocenters. The number of rotatable bonds is 6. The Balaban J connectivity index is 1.46. The first-order chi connectivity index (χ1) is 15.9. The molecule has 0 amide bonds. The summed E-state index contributed by atoms with van der Waals surface area (Å²) in [5.74, 6) is 1.58. The zero-order valence-electron chi connectivity index (χ0n) is 18.1. The van der Waals surface area contributed by atoms with Gasteiger partial charge in [0.1, 0.15) is 11.5 Å². The van der Waals surface area contributed by atoms with E-state index in [-0.39, 0.29) is 0 Å². The van der Waals surface area contributed by atoms with Crippen LogP contribution in [-0.4, -0.2) is 14.9 Å². The monoisotopic (exact) mass is 496 g/mol. The van der Waals surface area contributed by atoms with Crippen molar-refractivity contribution in [1.29, 1.82) is 0 Å². The van der Waals surface area contributed by atoms with E-state index in [4.69, 9.17) is 45.3 Å². The van der Waals surface area contributed by atoms with E-state index in [0.29, 0.717) is 27.4 Å². The number of para-hydroxylation sites is 1. The molecular weight excluding hydrogens is 475 g/mol. The van der Waals surface area contributed by atoms with Crippen LogP contribution in [0.3, 0.4) is 0 Å². The van der Waals surface area contributed by atoms with Crippen LogP contribution < -0.4 is 15.4 Å². The van der Waals surface area contributed by atoms with E-state index < -0.39 is 0 Å². The minimum atomic E-state index is 0.428. The van der Waals surface area contributed by atoms with Crippen LogP contribution in [0.4, 0.5) is 11.4 Å². The lowest BCUT2D eigenvalue weighted by Crippen LogP contribution is -2.20. The summed E-state index contributed by atoms with van der Waals surface area (Å²) in [6.45, 7) is 4.55. The first-order valence-corrected chi connectivity index (χ1v) is 11.4. The molecule has 0 aliphatic carbocycles. The molecule has 1 aromatic heterocycles. The highest BCUT2D eigenvalue weighted by atomic mass is 35.5. The Hall–Kier alpha value is -3.06. The van der Waals surface area contributed by atoms with Gasteiger partial charge in [-0.05, 0) is 74.1 Å². The van der Waals surface area contributed by atoms with E-state index in [1.807, 2.05) is 67.1 Å². The summed E-state index contributed by atoms with van der Waals surface area (Å²) in [7, 11) is 0. The fraction of sp³-hybridized carbons (Fsp3) is 0.120. The molecule has 0 bridgehead atoms. The number of ether oxygens (including phenoxy) is 1. The number of benzene rings is 3. The molecule has 4 aromatic rings. The highest BCUT2D eigenvalue weighted by molar-refractivity contribution is 7.80. The van der Waals surface area contributed by atoms with E-state index >= 15 is 0 Å². The number of thiocarbonyl (C=S) groups is 1. The molecule has 168 valence electrons. The van der Waals surface area contributed by atoms with Gasteiger partial charge in [-0.2, -0.15) is 5.10 Å². The summed E-state index contributed by atoms with van der Waals surface area (Å²) in [5.41, 5.74) is 4.46. The normalized spacial score (nSPS) is 10.7. The average molecular weight is 497 g/mol. The van der Waals surface area contributed by atoms with Crippen LogP contribution in [0.25, 0.3) is 0 Å². The molecule has 0 saturated heterocycles. The number of hydrogen-bond acceptors (Lipinski definition) is 3. The fourth-order valence-electron chi connectivity index (χ4n) is 3.44. The molecule has 0 radical (unpaired) electrons. The van der Waals surface area contributed by atoms with Gasteiger partial charge < -0.3 is 15.4 Å². The highest BCUT2D eigenvalue weighted by Crippen LogP contribution is 2.26. The minimum Gasteiger partial charge on any atom is -0.457 e. The molecule has 0 fully saturated rings. The van der Waals surface area contributed by atoms with Gasteiger partial charge in [0.15, 0.2) is 5.11 Å². The quantitative estimate of drug-likeness (QED) is 0.271. The van der Waals surface area contributed by atoms with Crippen molar-refractivity contribution in [2.45, 2.75) is 20.4 Å². The van der Waals surface area contributed by atoms with Gasteiger partial charge >= 0.3 is 0 Å². The van der Waals surface area contributed by atoms with Crippen LogP contribution in [0.1, 0.15) is 17.0 Å². The van der Waals surface area contributed by atoms with E-state index in [1.165, 1.54) is 0 Å². The van der Waals surface area contributed by atoms with Crippen molar-refractivity contribution in [1.82, 2.24) is 9.78 Å². The highest BCUT2D eigenvalue weighted by Gasteiger charge is 2.14. The molecular formula is C25H22Cl2N4OS. The molecule has 5 nitrogen and oxygen atoms in total. The van der Waals surface area contributed by atoms with Crippen LogP contribution in [0, 0.1) is 13.8 Å². The number of nitrogens with zero attached hydrogens (tertiary/aromatic N) is 2. The molecule has 0 saturated carbocycles. The topological polar surface area (TPSA) is 51.1 Å². The summed E-state index contributed by atoms with van der Waals surface area (Å²) in [6, 6.07) is 22.9. The van der Waals surface area contributed by atoms with Gasteiger partial charge in [0, 0.05) is 15.7 Å². The third kappa shape index (κ3) is 6.05. The lowest BCUT2D eigenvalue weighted by molar-refractivity contribution is 0.481. The number of hydrogen-bond donors (Lipinski definition) is 2. The second kappa shape index (κ2) is 10.3. The summed E-state index contributed by atoms with van der Waals surface area (Å²) in [4.78, 5) is 0.